The van der Waals surface area contributed by atoms with Crippen molar-refractivity contribution in [2.24, 2.45) is 0 Å². The second-order valence-corrected chi connectivity index (χ2v) is 7.87. The maximum Gasteiger partial charge on any atom is 0.0271 e. The van der Waals surface area contributed by atoms with Gasteiger partial charge in [-0.3, -0.25) is 9.88 Å². The van der Waals surface area contributed by atoms with Crippen molar-refractivity contribution < 1.29 is 0 Å². The summed E-state index contributed by atoms with van der Waals surface area (Å²) in [6.07, 6.45) is 23.4. The molecule has 0 aliphatic carbocycles. The topological polar surface area (TPSA) is 16.1 Å². The zero-order valence-corrected chi connectivity index (χ0v) is 17.7. The Bertz CT molecular complexity index is 372. The van der Waals surface area contributed by atoms with Crippen molar-refractivity contribution in [3.63, 3.8) is 0 Å². The van der Waals surface area contributed by atoms with Gasteiger partial charge < -0.3 is 0 Å². The quantitative estimate of drug-likeness (QED) is 0.254. The Morgan fingerprint density at radius 2 is 1.04 bits per heavy atom. The highest BCUT2D eigenvalue weighted by Gasteiger charge is 2.06. The van der Waals surface area contributed by atoms with E-state index in [9.17, 15) is 0 Å². The molecule has 0 atom stereocenters. The Hall–Kier alpha value is -0.890. The van der Waals surface area contributed by atoms with Gasteiger partial charge in [-0.25, -0.2) is 0 Å². The van der Waals surface area contributed by atoms with Gasteiger partial charge in [0.1, 0.15) is 0 Å². The van der Waals surface area contributed by atoms with Crippen molar-refractivity contribution in [3.05, 3.63) is 30.1 Å². The van der Waals surface area contributed by atoms with Gasteiger partial charge in [-0.1, -0.05) is 90.9 Å². The summed E-state index contributed by atoms with van der Waals surface area (Å²) in [6.45, 7) is 8.19. The molecule has 26 heavy (non-hydrogen) atoms. The van der Waals surface area contributed by atoms with E-state index in [1.807, 2.05) is 12.4 Å². The van der Waals surface area contributed by atoms with E-state index < -0.39 is 0 Å². The Morgan fingerprint density at radius 3 is 1.50 bits per heavy atom. The lowest BCUT2D eigenvalue weighted by atomic mass is 10.1. The number of unbranched alkanes of at least 4 members (excludes halogenated alkanes) is 12. The minimum atomic E-state index is 1.09. The standard InChI is InChI=1S/C24H44N2/c1-3-5-7-9-11-13-15-21-26(23-24-17-19-25-20-18-24)22-16-14-12-10-8-6-4-2/h17-20H,3-16,21-23H2,1-2H3. The van der Waals surface area contributed by atoms with Crippen LogP contribution in [0, 0.1) is 0 Å². The molecule has 1 aromatic rings. The Labute approximate surface area is 163 Å². The van der Waals surface area contributed by atoms with Gasteiger partial charge in [0.05, 0.1) is 0 Å². The summed E-state index contributed by atoms with van der Waals surface area (Å²) in [4.78, 5) is 6.83. The summed E-state index contributed by atoms with van der Waals surface area (Å²) < 4.78 is 0. The van der Waals surface area contributed by atoms with Crippen molar-refractivity contribution in [3.8, 4) is 0 Å². The fourth-order valence-corrected chi connectivity index (χ4v) is 3.60. The number of rotatable bonds is 18. The molecule has 0 radical (unpaired) electrons. The molecule has 0 bridgehead atoms. The van der Waals surface area contributed by atoms with Crippen molar-refractivity contribution in [2.75, 3.05) is 13.1 Å². The monoisotopic (exact) mass is 360 g/mol. The number of pyridine rings is 1. The molecule has 2 nitrogen and oxygen atoms in total. The average molecular weight is 361 g/mol. The molecule has 0 aromatic carbocycles. The van der Waals surface area contributed by atoms with Gasteiger partial charge in [0.2, 0.25) is 0 Å². The van der Waals surface area contributed by atoms with Crippen LogP contribution in [0.4, 0.5) is 0 Å². The number of nitrogens with zero attached hydrogens (tertiary/aromatic N) is 2. The van der Waals surface area contributed by atoms with Crippen LogP contribution >= 0.6 is 0 Å². The third kappa shape index (κ3) is 13.3. The molecule has 0 spiro atoms. The molecule has 1 aromatic heterocycles. The zero-order valence-electron chi connectivity index (χ0n) is 17.7. The van der Waals surface area contributed by atoms with E-state index in [0.717, 1.165) is 6.54 Å². The lowest BCUT2D eigenvalue weighted by molar-refractivity contribution is 0.252. The molecule has 0 amide bonds. The van der Waals surface area contributed by atoms with Crippen LogP contribution in [-0.2, 0) is 6.54 Å². The Balaban J connectivity index is 2.21. The van der Waals surface area contributed by atoms with Gasteiger partial charge in [-0.05, 0) is 43.6 Å². The van der Waals surface area contributed by atoms with Gasteiger partial charge in [-0.15, -0.1) is 0 Å². The number of aromatic nitrogens is 1. The number of hydrogen-bond donors (Lipinski definition) is 0. The Kier molecular flexibility index (Phi) is 15.6. The highest BCUT2D eigenvalue weighted by Crippen LogP contribution is 2.12. The molecule has 0 saturated carbocycles. The van der Waals surface area contributed by atoms with Crippen LogP contribution in [0.5, 0.6) is 0 Å². The molecule has 150 valence electrons. The predicted octanol–water partition coefficient (Wildman–Crippen LogP) is 7.38. The van der Waals surface area contributed by atoms with Crippen LogP contribution in [0.3, 0.4) is 0 Å². The van der Waals surface area contributed by atoms with E-state index in [-0.39, 0.29) is 0 Å². The van der Waals surface area contributed by atoms with Gasteiger partial charge in [0.25, 0.3) is 0 Å². The van der Waals surface area contributed by atoms with Crippen LogP contribution < -0.4 is 0 Å². The van der Waals surface area contributed by atoms with E-state index >= 15 is 0 Å². The van der Waals surface area contributed by atoms with E-state index in [1.54, 1.807) is 0 Å². The largest absolute Gasteiger partial charge is 0.299 e. The Morgan fingerprint density at radius 1 is 0.615 bits per heavy atom. The van der Waals surface area contributed by atoms with Crippen LogP contribution in [0.2, 0.25) is 0 Å². The van der Waals surface area contributed by atoms with Gasteiger partial charge in [0, 0.05) is 18.9 Å². The fraction of sp³-hybridized carbons (Fsp3) is 0.792. The van der Waals surface area contributed by atoms with Crippen LogP contribution in [0.15, 0.2) is 24.5 Å². The van der Waals surface area contributed by atoms with Crippen molar-refractivity contribution in [2.45, 2.75) is 110 Å². The first-order valence-electron chi connectivity index (χ1n) is 11.5. The SMILES string of the molecule is CCCCCCCCCN(CCCCCCCCC)Cc1ccncc1. The third-order valence-corrected chi connectivity index (χ3v) is 5.31. The van der Waals surface area contributed by atoms with Crippen molar-refractivity contribution >= 4 is 0 Å². The first-order chi connectivity index (χ1) is 12.9. The summed E-state index contributed by atoms with van der Waals surface area (Å²) in [6, 6.07) is 4.34. The average Bonchev–Trinajstić information content (AvgIpc) is 2.67. The summed E-state index contributed by atoms with van der Waals surface area (Å²) in [7, 11) is 0. The van der Waals surface area contributed by atoms with E-state index in [2.05, 4.69) is 35.9 Å². The predicted molar refractivity (Wildman–Crippen MR) is 116 cm³/mol. The molecule has 0 saturated heterocycles. The summed E-state index contributed by atoms with van der Waals surface area (Å²) in [5.74, 6) is 0. The lowest BCUT2D eigenvalue weighted by Crippen LogP contribution is -2.25. The highest BCUT2D eigenvalue weighted by molar-refractivity contribution is 5.09. The van der Waals surface area contributed by atoms with Crippen LogP contribution in [0.25, 0.3) is 0 Å². The maximum atomic E-state index is 4.16. The summed E-state index contributed by atoms with van der Waals surface area (Å²) in [5, 5.41) is 0. The van der Waals surface area contributed by atoms with Gasteiger partial charge in [0.15, 0.2) is 0 Å². The minimum absolute atomic E-state index is 1.09. The molecule has 1 heterocycles. The second kappa shape index (κ2) is 17.5. The van der Waals surface area contributed by atoms with Crippen LogP contribution in [0.1, 0.15) is 109 Å². The molecule has 0 fully saturated rings. The lowest BCUT2D eigenvalue weighted by Gasteiger charge is -2.22. The molecule has 0 aliphatic rings. The normalized spacial score (nSPS) is 11.3. The van der Waals surface area contributed by atoms with Crippen molar-refractivity contribution in [1.82, 2.24) is 9.88 Å². The molecule has 0 aliphatic heterocycles. The molecule has 0 unspecified atom stereocenters. The summed E-state index contributed by atoms with van der Waals surface area (Å²) in [5.41, 5.74) is 1.41. The van der Waals surface area contributed by atoms with E-state index in [1.165, 1.54) is 109 Å². The molecule has 2 heteroatoms. The fourth-order valence-electron chi connectivity index (χ4n) is 3.60. The first-order valence-corrected chi connectivity index (χ1v) is 11.5. The van der Waals surface area contributed by atoms with E-state index in [4.69, 9.17) is 0 Å². The molecular weight excluding hydrogens is 316 g/mol. The second-order valence-electron chi connectivity index (χ2n) is 7.87. The molecule has 1 rings (SSSR count). The minimum Gasteiger partial charge on any atom is -0.299 e. The smallest absolute Gasteiger partial charge is 0.0271 e. The third-order valence-electron chi connectivity index (χ3n) is 5.31. The van der Waals surface area contributed by atoms with Gasteiger partial charge >= 0.3 is 0 Å². The molecular formula is C24H44N2. The summed E-state index contributed by atoms with van der Waals surface area (Å²) >= 11 is 0. The van der Waals surface area contributed by atoms with Gasteiger partial charge in [-0.2, -0.15) is 0 Å². The van der Waals surface area contributed by atoms with E-state index in [0.29, 0.717) is 0 Å². The van der Waals surface area contributed by atoms with Crippen molar-refractivity contribution in [1.29, 1.82) is 0 Å². The first kappa shape index (κ1) is 23.1. The molecule has 0 N–H and O–H groups in total. The highest BCUT2D eigenvalue weighted by atomic mass is 15.1. The maximum absolute atomic E-state index is 4.16. The van der Waals surface area contributed by atoms with Crippen LogP contribution in [-0.4, -0.2) is 23.0 Å². The number of hydrogen-bond acceptors (Lipinski definition) is 2. The zero-order chi connectivity index (χ0) is 18.7.